The lowest BCUT2D eigenvalue weighted by Gasteiger charge is -2.20. The lowest BCUT2D eigenvalue weighted by atomic mass is 10.1. The second-order valence-electron chi connectivity index (χ2n) is 4.96. The Morgan fingerprint density at radius 2 is 1.84 bits per heavy atom. The average molecular weight is 304 g/mol. The highest BCUT2D eigenvalue weighted by Gasteiger charge is 2.16. The van der Waals surface area contributed by atoms with Crippen LogP contribution in [0.4, 0.5) is 0 Å². The molecule has 0 saturated carbocycles. The van der Waals surface area contributed by atoms with E-state index in [9.17, 15) is 8.42 Å². The first kappa shape index (κ1) is 16.5. The Morgan fingerprint density at radius 1 is 1.21 bits per heavy atom. The normalized spacial score (nSPS) is 15.2. The molecule has 1 N–H and O–H groups in total. The summed E-state index contributed by atoms with van der Waals surface area (Å²) in [6.07, 6.45) is 0.788. The number of rotatable bonds is 7. The number of halogens is 1. The van der Waals surface area contributed by atoms with E-state index in [1.165, 1.54) is 0 Å². The molecule has 2 unspecified atom stereocenters. The lowest BCUT2D eigenvalue weighted by molar-refractivity contribution is 0.483. The Morgan fingerprint density at radius 3 is 2.42 bits per heavy atom. The summed E-state index contributed by atoms with van der Waals surface area (Å²) >= 11 is 6.11. The van der Waals surface area contributed by atoms with E-state index in [-0.39, 0.29) is 23.6 Å². The molecule has 0 aliphatic rings. The van der Waals surface area contributed by atoms with Crippen molar-refractivity contribution in [3.05, 3.63) is 34.9 Å². The van der Waals surface area contributed by atoms with Crippen molar-refractivity contribution in [3.8, 4) is 0 Å². The van der Waals surface area contributed by atoms with Gasteiger partial charge in [0.1, 0.15) is 0 Å². The zero-order valence-corrected chi connectivity index (χ0v) is 13.3. The molecule has 3 nitrogen and oxygen atoms in total. The van der Waals surface area contributed by atoms with Crippen LogP contribution in [0.3, 0.4) is 0 Å². The third-order valence-electron chi connectivity index (χ3n) is 3.00. The molecule has 0 heterocycles. The van der Waals surface area contributed by atoms with Crippen LogP contribution in [0.15, 0.2) is 24.3 Å². The largest absolute Gasteiger partial charge is 0.310 e. The molecule has 108 valence electrons. The third-order valence-corrected chi connectivity index (χ3v) is 5.25. The minimum Gasteiger partial charge on any atom is -0.310 e. The predicted octanol–water partition coefficient (Wildman–Crippen LogP) is 2.68. The van der Waals surface area contributed by atoms with E-state index in [0.717, 1.165) is 17.0 Å². The van der Waals surface area contributed by atoms with Gasteiger partial charge in [0, 0.05) is 22.9 Å². The predicted molar refractivity (Wildman–Crippen MR) is 81.5 cm³/mol. The molecule has 5 heteroatoms. The Balaban J connectivity index is 2.52. The first-order chi connectivity index (χ1) is 8.84. The molecule has 0 saturated heterocycles. The third kappa shape index (κ3) is 5.93. The summed E-state index contributed by atoms with van der Waals surface area (Å²) in [5, 5.41) is 4.06. The van der Waals surface area contributed by atoms with Crippen molar-refractivity contribution < 1.29 is 8.42 Å². The molecule has 19 heavy (non-hydrogen) atoms. The van der Waals surface area contributed by atoms with Crippen molar-refractivity contribution in [2.45, 2.75) is 39.3 Å². The summed E-state index contributed by atoms with van der Waals surface area (Å²) in [6, 6.07) is 7.85. The zero-order valence-electron chi connectivity index (χ0n) is 11.7. The van der Waals surface area contributed by atoms with Crippen LogP contribution in [0.5, 0.6) is 0 Å². The van der Waals surface area contributed by atoms with Gasteiger partial charge >= 0.3 is 0 Å². The molecule has 1 rings (SSSR count). The van der Waals surface area contributed by atoms with Gasteiger partial charge in [-0.1, -0.05) is 36.7 Å². The van der Waals surface area contributed by atoms with E-state index in [4.69, 9.17) is 11.6 Å². The maximum atomic E-state index is 11.5. The van der Waals surface area contributed by atoms with E-state index in [1.54, 1.807) is 6.92 Å². The molecule has 1 aromatic rings. The van der Waals surface area contributed by atoms with Gasteiger partial charge in [0.2, 0.25) is 0 Å². The summed E-state index contributed by atoms with van der Waals surface area (Å²) in [6.45, 7) is 5.62. The first-order valence-electron chi connectivity index (χ1n) is 6.54. The number of nitrogens with one attached hydrogen (secondary N) is 1. The first-order valence-corrected chi connectivity index (χ1v) is 8.74. The minimum absolute atomic E-state index is 0.0533. The Labute approximate surface area is 121 Å². The minimum atomic E-state index is -2.93. The number of benzene rings is 1. The molecule has 0 fully saturated rings. The van der Waals surface area contributed by atoms with Crippen molar-refractivity contribution in [3.63, 3.8) is 0 Å². The molecule has 0 radical (unpaired) electrons. The molecular formula is C14H22ClNO2S. The second kappa shape index (κ2) is 7.27. The molecule has 0 aliphatic carbocycles. The van der Waals surface area contributed by atoms with Crippen LogP contribution < -0.4 is 5.32 Å². The molecular weight excluding hydrogens is 282 g/mol. The SMILES string of the molecule is CCS(=O)(=O)CC(C)NC(C)Cc1ccccc1Cl. The molecule has 0 aliphatic heterocycles. The summed E-state index contributed by atoms with van der Waals surface area (Å²) in [7, 11) is -2.93. The fraction of sp³-hybridized carbons (Fsp3) is 0.571. The number of sulfone groups is 1. The molecule has 2 atom stereocenters. The molecule has 1 aromatic carbocycles. The van der Waals surface area contributed by atoms with E-state index in [2.05, 4.69) is 5.32 Å². The highest BCUT2D eigenvalue weighted by Crippen LogP contribution is 2.16. The smallest absolute Gasteiger partial charge is 0.151 e. The molecule has 0 aromatic heterocycles. The van der Waals surface area contributed by atoms with Gasteiger partial charge in [-0.15, -0.1) is 0 Å². The van der Waals surface area contributed by atoms with Crippen molar-refractivity contribution in [1.82, 2.24) is 5.32 Å². The topological polar surface area (TPSA) is 46.2 Å². The Hall–Kier alpha value is -0.580. The molecule has 0 bridgehead atoms. The van der Waals surface area contributed by atoms with Crippen molar-refractivity contribution in [2.24, 2.45) is 0 Å². The Kier molecular flexibility index (Phi) is 6.30. The summed E-state index contributed by atoms with van der Waals surface area (Å²) in [4.78, 5) is 0. The molecule has 0 amide bonds. The highest BCUT2D eigenvalue weighted by molar-refractivity contribution is 7.91. The van der Waals surface area contributed by atoms with Crippen LogP contribution in [-0.4, -0.2) is 32.0 Å². The summed E-state index contributed by atoms with van der Waals surface area (Å²) in [5.74, 6) is 0.369. The van der Waals surface area contributed by atoms with Gasteiger partial charge in [0.05, 0.1) is 5.75 Å². The quantitative estimate of drug-likeness (QED) is 0.842. The molecule has 0 spiro atoms. The van der Waals surface area contributed by atoms with Crippen LogP contribution in [0.1, 0.15) is 26.3 Å². The van der Waals surface area contributed by atoms with Crippen LogP contribution in [-0.2, 0) is 16.3 Å². The van der Waals surface area contributed by atoms with Gasteiger partial charge in [-0.05, 0) is 31.9 Å². The van der Waals surface area contributed by atoms with Gasteiger partial charge in [0.25, 0.3) is 0 Å². The van der Waals surface area contributed by atoms with Crippen LogP contribution in [0.25, 0.3) is 0 Å². The van der Waals surface area contributed by atoms with E-state index in [1.807, 2.05) is 38.1 Å². The van der Waals surface area contributed by atoms with Gasteiger partial charge in [-0.2, -0.15) is 0 Å². The maximum Gasteiger partial charge on any atom is 0.151 e. The van der Waals surface area contributed by atoms with Crippen LogP contribution >= 0.6 is 11.6 Å². The highest BCUT2D eigenvalue weighted by atomic mass is 35.5. The van der Waals surface area contributed by atoms with Crippen molar-refractivity contribution in [2.75, 3.05) is 11.5 Å². The fourth-order valence-corrected chi connectivity index (χ4v) is 3.39. The van der Waals surface area contributed by atoms with Gasteiger partial charge in [-0.3, -0.25) is 0 Å². The fourth-order valence-electron chi connectivity index (χ4n) is 2.09. The van der Waals surface area contributed by atoms with E-state index < -0.39 is 9.84 Å². The second-order valence-corrected chi connectivity index (χ2v) is 7.77. The van der Waals surface area contributed by atoms with E-state index >= 15 is 0 Å². The van der Waals surface area contributed by atoms with Crippen molar-refractivity contribution in [1.29, 1.82) is 0 Å². The summed E-state index contributed by atoms with van der Waals surface area (Å²) in [5.41, 5.74) is 1.08. The number of hydrogen-bond donors (Lipinski definition) is 1. The maximum absolute atomic E-state index is 11.5. The average Bonchev–Trinajstić information content (AvgIpc) is 2.31. The van der Waals surface area contributed by atoms with Gasteiger partial charge in [0.15, 0.2) is 9.84 Å². The van der Waals surface area contributed by atoms with Crippen molar-refractivity contribution >= 4 is 21.4 Å². The van der Waals surface area contributed by atoms with E-state index in [0.29, 0.717) is 0 Å². The summed E-state index contributed by atoms with van der Waals surface area (Å²) < 4.78 is 23.1. The van der Waals surface area contributed by atoms with Crippen LogP contribution in [0, 0.1) is 0 Å². The van der Waals surface area contributed by atoms with Gasteiger partial charge < -0.3 is 5.32 Å². The Bertz CT molecular complexity index is 502. The monoisotopic (exact) mass is 303 g/mol. The zero-order chi connectivity index (χ0) is 14.5. The van der Waals surface area contributed by atoms with Crippen LogP contribution in [0.2, 0.25) is 5.02 Å². The standard InChI is InChI=1S/C14H22ClNO2S/c1-4-19(17,18)10-12(3)16-11(2)9-13-7-5-6-8-14(13)15/h5-8,11-12,16H,4,9-10H2,1-3H3. The number of hydrogen-bond acceptors (Lipinski definition) is 3. The van der Waals surface area contributed by atoms with Gasteiger partial charge in [-0.25, -0.2) is 8.42 Å². The lowest BCUT2D eigenvalue weighted by Crippen LogP contribution is -2.40.